The lowest BCUT2D eigenvalue weighted by atomic mass is 9.93. The Bertz CT molecular complexity index is 883. The van der Waals surface area contributed by atoms with Crippen LogP contribution in [-0.2, 0) is 11.2 Å². The Labute approximate surface area is 164 Å². The van der Waals surface area contributed by atoms with Crippen LogP contribution < -0.4 is 4.90 Å². The highest BCUT2D eigenvalue weighted by molar-refractivity contribution is 7.00. The molecule has 0 unspecified atom stereocenters. The number of hydrogen-bond donors (Lipinski definition) is 0. The lowest BCUT2D eigenvalue weighted by molar-refractivity contribution is -0.121. The largest absolute Gasteiger partial charge is 0.370 e. The molecule has 6 heteroatoms. The molecule has 0 saturated carbocycles. The number of anilines is 1. The molecule has 1 saturated heterocycles. The summed E-state index contributed by atoms with van der Waals surface area (Å²) in [5, 5.41) is 0. The van der Waals surface area contributed by atoms with Crippen LogP contribution in [0, 0.1) is 12.8 Å². The summed E-state index contributed by atoms with van der Waals surface area (Å²) in [5.74, 6) is 0.539. The quantitative estimate of drug-likeness (QED) is 0.670. The number of aromatic nitrogens is 3. The minimum Gasteiger partial charge on any atom is -0.370 e. The van der Waals surface area contributed by atoms with Gasteiger partial charge in [-0.25, -0.2) is 4.98 Å². The fourth-order valence-corrected chi connectivity index (χ4v) is 3.80. The van der Waals surface area contributed by atoms with E-state index in [9.17, 15) is 4.79 Å². The summed E-state index contributed by atoms with van der Waals surface area (Å²) in [5.41, 5.74) is 5.44. The normalized spacial score (nSPS) is 14.7. The molecule has 1 aromatic carbocycles. The number of aryl methyl sites for hydroxylation is 2. The summed E-state index contributed by atoms with van der Waals surface area (Å²) in [7, 11) is 0. The Hall–Kier alpha value is -2.34. The van der Waals surface area contributed by atoms with Gasteiger partial charge in [0.2, 0.25) is 0 Å². The summed E-state index contributed by atoms with van der Waals surface area (Å²) in [6.45, 7) is 7.78. The molecule has 2 aromatic heterocycles. The minimum atomic E-state index is 0.229. The van der Waals surface area contributed by atoms with Crippen LogP contribution in [0.2, 0.25) is 0 Å². The number of fused-ring (bicyclic) bond motifs is 1. The third-order valence-corrected chi connectivity index (χ3v) is 5.60. The molecule has 3 heterocycles. The van der Waals surface area contributed by atoms with Gasteiger partial charge in [-0.1, -0.05) is 36.8 Å². The van der Waals surface area contributed by atoms with E-state index >= 15 is 0 Å². The number of nitrogens with zero attached hydrogens (tertiary/aromatic N) is 4. The molecule has 0 bridgehead atoms. The highest BCUT2D eigenvalue weighted by Gasteiger charge is 2.24. The van der Waals surface area contributed by atoms with E-state index in [4.69, 9.17) is 0 Å². The number of hydrogen-bond acceptors (Lipinski definition) is 6. The van der Waals surface area contributed by atoms with Gasteiger partial charge < -0.3 is 4.90 Å². The Morgan fingerprint density at radius 1 is 1.15 bits per heavy atom. The highest BCUT2D eigenvalue weighted by Crippen LogP contribution is 2.28. The lowest BCUT2D eigenvalue weighted by Gasteiger charge is -2.32. The first-order valence-electron chi connectivity index (χ1n) is 9.46. The average molecular weight is 383 g/mol. The second-order valence-corrected chi connectivity index (χ2v) is 7.51. The van der Waals surface area contributed by atoms with Gasteiger partial charge in [-0.05, 0) is 44.7 Å². The van der Waals surface area contributed by atoms with Gasteiger partial charge in [-0.2, -0.15) is 8.75 Å². The first-order valence-corrected chi connectivity index (χ1v) is 10.2. The summed E-state index contributed by atoms with van der Waals surface area (Å²) in [6.07, 6.45) is 4.77. The van der Waals surface area contributed by atoms with E-state index < -0.39 is 0 Å². The first-order chi connectivity index (χ1) is 13.1. The standard InChI is InChI=1S/C12H14N4OS.C9H12/c1-8(17)9-3-6-16(7-4-9)10-2-5-13-12-11(10)14-18-15-12;1-3-9-6-4-8(2)5-7-9/h2,5,9H,3-4,6-7H2,1H3;4-7H,3H2,1-2H3. The molecule has 0 amide bonds. The van der Waals surface area contributed by atoms with Crippen LogP contribution in [0.5, 0.6) is 0 Å². The molecule has 0 N–H and O–H groups in total. The van der Waals surface area contributed by atoms with Crippen LogP contribution in [0.25, 0.3) is 11.2 Å². The fraction of sp³-hybridized carbons (Fsp3) is 0.429. The molecule has 5 nitrogen and oxygen atoms in total. The number of carbonyl (C=O) groups is 1. The molecule has 0 spiro atoms. The van der Waals surface area contributed by atoms with Gasteiger partial charge in [0.15, 0.2) is 5.65 Å². The number of pyridine rings is 1. The fourth-order valence-electron chi connectivity index (χ4n) is 3.29. The summed E-state index contributed by atoms with van der Waals surface area (Å²) < 4.78 is 8.46. The SMILES string of the molecule is CC(=O)C1CCN(c2ccnc3nsnc23)CC1.CCc1ccc(C)cc1. The Morgan fingerprint density at radius 2 is 1.85 bits per heavy atom. The van der Waals surface area contributed by atoms with E-state index in [1.165, 1.54) is 22.9 Å². The van der Waals surface area contributed by atoms with Crippen LogP contribution in [-0.4, -0.2) is 32.6 Å². The van der Waals surface area contributed by atoms with Gasteiger partial charge in [0.1, 0.15) is 11.3 Å². The zero-order chi connectivity index (χ0) is 19.2. The van der Waals surface area contributed by atoms with Gasteiger partial charge in [-0.3, -0.25) is 4.79 Å². The first kappa shape index (κ1) is 19.4. The Kier molecular flexibility index (Phi) is 6.50. The van der Waals surface area contributed by atoms with Gasteiger partial charge in [0, 0.05) is 25.2 Å². The van der Waals surface area contributed by atoms with Crippen molar-refractivity contribution in [2.24, 2.45) is 5.92 Å². The number of benzene rings is 1. The van der Waals surface area contributed by atoms with E-state index in [-0.39, 0.29) is 5.92 Å². The predicted octanol–water partition coefficient (Wildman–Crippen LogP) is 4.45. The molecule has 1 aliphatic heterocycles. The molecular weight excluding hydrogens is 356 g/mol. The second-order valence-electron chi connectivity index (χ2n) is 6.98. The van der Waals surface area contributed by atoms with E-state index in [0.29, 0.717) is 11.4 Å². The maximum atomic E-state index is 11.4. The average Bonchev–Trinajstić information content (AvgIpc) is 3.18. The Balaban J connectivity index is 0.000000197. The number of carbonyl (C=O) groups excluding carboxylic acids is 1. The van der Waals surface area contributed by atoms with E-state index in [1.807, 2.05) is 6.07 Å². The van der Waals surface area contributed by atoms with Crippen LogP contribution in [0.1, 0.15) is 37.8 Å². The minimum absolute atomic E-state index is 0.229. The maximum Gasteiger partial charge on any atom is 0.195 e. The van der Waals surface area contributed by atoms with Crippen molar-refractivity contribution in [3.8, 4) is 0 Å². The predicted molar refractivity (Wildman–Crippen MR) is 111 cm³/mol. The molecule has 1 fully saturated rings. The monoisotopic (exact) mass is 382 g/mol. The van der Waals surface area contributed by atoms with Crippen LogP contribution >= 0.6 is 11.7 Å². The van der Waals surface area contributed by atoms with Crippen LogP contribution in [0.4, 0.5) is 5.69 Å². The van der Waals surface area contributed by atoms with Crippen LogP contribution in [0.3, 0.4) is 0 Å². The van der Waals surface area contributed by atoms with Crippen molar-refractivity contribution < 1.29 is 4.79 Å². The summed E-state index contributed by atoms with van der Waals surface area (Å²) in [6, 6.07) is 10.6. The zero-order valence-electron chi connectivity index (χ0n) is 16.2. The molecule has 0 radical (unpaired) electrons. The zero-order valence-corrected chi connectivity index (χ0v) is 17.0. The molecule has 3 aromatic rings. The van der Waals surface area contributed by atoms with Gasteiger partial charge >= 0.3 is 0 Å². The molecule has 27 heavy (non-hydrogen) atoms. The van der Waals surface area contributed by atoms with E-state index in [1.54, 1.807) is 13.1 Å². The molecule has 0 aliphatic carbocycles. The summed E-state index contributed by atoms with van der Waals surface area (Å²) in [4.78, 5) is 17.8. The van der Waals surface area contributed by atoms with Crippen molar-refractivity contribution in [2.45, 2.75) is 40.0 Å². The molecule has 1 aliphatic rings. The molecule has 4 rings (SSSR count). The third-order valence-electron chi connectivity index (χ3n) is 5.08. The van der Waals surface area contributed by atoms with Crippen molar-refractivity contribution in [1.29, 1.82) is 0 Å². The smallest absolute Gasteiger partial charge is 0.195 e. The van der Waals surface area contributed by atoms with Gasteiger partial charge in [0.25, 0.3) is 0 Å². The van der Waals surface area contributed by atoms with Crippen molar-refractivity contribution in [1.82, 2.24) is 13.7 Å². The number of piperidine rings is 1. The molecule has 142 valence electrons. The third kappa shape index (κ3) is 4.89. The van der Waals surface area contributed by atoms with Crippen molar-refractivity contribution in [2.75, 3.05) is 18.0 Å². The van der Waals surface area contributed by atoms with Gasteiger partial charge in [-0.15, -0.1) is 0 Å². The lowest BCUT2D eigenvalue weighted by Crippen LogP contribution is -2.35. The van der Waals surface area contributed by atoms with Crippen molar-refractivity contribution in [3.63, 3.8) is 0 Å². The topological polar surface area (TPSA) is 59.0 Å². The van der Waals surface area contributed by atoms with Crippen LogP contribution in [0.15, 0.2) is 36.5 Å². The second kappa shape index (κ2) is 9.04. The maximum absolute atomic E-state index is 11.4. The Morgan fingerprint density at radius 3 is 2.48 bits per heavy atom. The van der Waals surface area contributed by atoms with E-state index in [2.05, 4.69) is 56.7 Å². The van der Waals surface area contributed by atoms with Gasteiger partial charge in [0.05, 0.1) is 17.4 Å². The number of Topliss-reactive ketones (excluding diaryl/α,β-unsaturated/α-hetero) is 1. The van der Waals surface area contributed by atoms with Crippen molar-refractivity contribution in [3.05, 3.63) is 47.7 Å². The summed E-state index contributed by atoms with van der Waals surface area (Å²) >= 11 is 1.19. The molecular formula is C21H26N4OS. The number of rotatable bonds is 3. The van der Waals surface area contributed by atoms with Crippen molar-refractivity contribution >= 4 is 34.4 Å². The number of ketones is 1. The highest BCUT2D eigenvalue weighted by atomic mass is 32.1. The molecule has 0 atom stereocenters. The van der Waals surface area contributed by atoms with E-state index in [0.717, 1.165) is 43.6 Å².